The van der Waals surface area contributed by atoms with E-state index in [1.54, 1.807) is 32.9 Å². The average molecular weight is 252 g/mol. The summed E-state index contributed by atoms with van der Waals surface area (Å²) in [6.45, 7) is 6.33. The third-order valence-corrected chi connectivity index (χ3v) is 2.52. The molecule has 0 atom stereocenters. The SMILES string of the molecule is CC(C)(C)OC(=O)N1CCNc2cccc(F)c21. The number of para-hydroxylation sites is 1. The van der Waals surface area contributed by atoms with Gasteiger partial charge in [-0.2, -0.15) is 0 Å². The molecule has 0 aromatic heterocycles. The molecule has 0 unspecified atom stereocenters. The molecule has 0 saturated carbocycles. The van der Waals surface area contributed by atoms with Crippen molar-refractivity contribution in [3.63, 3.8) is 0 Å². The van der Waals surface area contributed by atoms with Crippen LogP contribution in [0.15, 0.2) is 18.2 Å². The van der Waals surface area contributed by atoms with Crippen LogP contribution >= 0.6 is 0 Å². The van der Waals surface area contributed by atoms with Gasteiger partial charge in [-0.3, -0.25) is 4.90 Å². The van der Waals surface area contributed by atoms with Crippen molar-refractivity contribution in [2.24, 2.45) is 0 Å². The van der Waals surface area contributed by atoms with Gasteiger partial charge < -0.3 is 10.1 Å². The van der Waals surface area contributed by atoms with Gasteiger partial charge in [0.1, 0.15) is 17.1 Å². The lowest BCUT2D eigenvalue weighted by atomic mass is 10.2. The van der Waals surface area contributed by atoms with Crippen LogP contribution < -0.4 is 10.2 Å². The molecule has 1 amide bonds. The summed E-state index contributed by atoms with van der Waals surface area (Å²) in [5.41, 5.74) is 0.290. The first-order chi connectivity index (χ1) is 8.38. The van der Waals surface area contributed by atoms with E-state index in [4.69, 9.17) is 4.74 Å². The number of carbonyl (C=O) groups excluding carboxylic acids is 1. The van der Waals surface area contributed by atoms with Crippen molar-refractivity contribution in [3.05, 3.63) is 24.0 Å². The summed E-state index contributed by atoms with van der Waals surface area (Å²) in [5, 5.41) is 3.06. The third-order valence-electron chi connectivity index (χ3n) is 2.52. The van der Waals surface area contributed by atoms with Crippen molar-refractivity contribution < 1.29 is 13.9 Å². The highest BCUT2D eigenvalue weighted by Crippen LogP contribution is 2.32. The Labute approximate surface area is 106 Å². The Hall–Kier alpha value is -1.78. The second-order valence-corrected chi connectivity index (χ2v) is 5.19. The number of nitrogens with one attached hydrogen (secondary N) is 1. The number of carbonyl (C=O) groups is 1. The number of hydrogen-bond donors (Lipinski definition) is 1. The fourth-order valence-electron chi connectivity index (χ4n) is 1.85. The summed E-state index contributed by atoms with van der Waals surface area (Å²) in [5.74, 6) is -0.425. The minimum absolute atomic E-state index is 0.262. The predicted octanol–water partition coefficient (Wildman–Crippen LogP) is 2.99. The molecule has 1 aromatic rings. The molecule has 18 heavy (non-hydrogen) atoms. The van der Waals surface area contributed by atoms with Crippen LogP contribution in [0.1, 0.15) is 20.8 Å². The summed E-state index contributed by atoms with van der Waals surface area (Å²) < 4.78 is 19.1. The molecular formula is C13H17FN2O2. The molecule has 1 aromatic carbocycles. The van der Waals surface area contributed by atoms with Crippen LogP contribution in [0, 0.1) is 5.82 Å². The van der Waals surface area contributed by atoms with Crippen LogP contribution in [0.5, 0.6) is 0 Å². The zero-order chi connectivity index (χ0) is 13.3. The highest BCUT2D eigenvalue weighted by molar-refractivity contribution is 5.93. The van der Waals surface area contributed by atoms with E-state index in [9.17, 15) is 9.18 Å². The summed E-state index contributed by atoms with van der Waals surface area (Å²) in [7, 11) is 0. The molecule has 4 nitrogen and oxygen atoms in total. The zero-order valence-electron chi connectivity index (χ0n) is 10.8. The second kappa shape index (κ2) is 4.48. The molecule has 5 heteroatoms. The van der Waals surface area contributed by atoms with Gasteiger partial charge in [0.25, 0.3) is 0 Å². The number of anilines is 2. The van der Waals surface area contributed by atoms with Gasteiger partial charge >= 0.3 is 6.09 Å². The molecule has 0 fully saturated rings. The molecule has 0 aliphatic carbocycles. The maximum atomic E-state index is 13.8. The molecule has 98 valence electrons. The van der Waals surface area contributed by atoms with Crippen LogP contribution in [0.25, 0.3) is 0 Å². The first kappa shape index (κ1) is 12.7. The van der Waals surface area contributed by atoms with Gasteiger partial charge in [0.05, 0.1) is 5.69 Å². The van der Waals surface area contributed by atoms with Gasteiger partial charge in [-0.25, -0.2) is 9.18 Å². The maximum absolute atomic E-state index is 13.8. The van der Waals surface area contributed by atoms with Crippen LogP contribution in [0.4, 0.5) is 20.6 Å². The van der Waals surface area contributed by atoms with Crippen molar-refractivity contribution in [3.8, 4) is 0 Å². The molecule has 1 aliphatic rings. The van der Waals surface area contributed by atoms with E-state index in [-0.39, 0.29) is 5.69 Å². The highest BCUT2D eigenvalue weighted by Gasteiger charge is 2.29. The standard InChI is InChI=1S/C13H17FN2O2/c1-13(2,3)18-12(17)16-8-7-15-10-6-4-5-9(14)11(10)16/h4-6,15H,7-8H2,1-3H3. The summed E-state index contributed by atoms with van der Waals surface area (Å²) in [6.07, 6.45) is -0.518. The quantitative estimate of drug-likeness (QED) is 0.771. The van der Waals surface area contributed by atoms with E-state index in [2.05, 4.69) is 5.32 Å². The summed E-state index contributed by atoms with van der Waals surface area (Å²) in [4.78, 5) is 13.4. The monoisotopic (exact) mass is 252 g/mol. The largest absolute Gasteiger partial charge is 0.443 e. The van der Waals surface area contributed by atoms with E-state index in [0.29, 0.717) is 18.8 Å². The van der Waals surface area contributed by atoms with E-state index < -0.39 is 17.5 Å². The first-order valence-corrected chi connectivity index (χ1v) is 5.91. The van der Waals surface area contributed by atoms with Gasteiger partial charge in [0.2, 0.25) is 0 Å². The number of rotatable bonds is 0. The smallest absolute Gasteiger partial charge is 0.415 e. The van der Waals surface area contributed by atoms with E-state index in [0.717, 1.165) is 0 Å². The Morgan fingerprint density at radius 3 is 2.83 bits per heavy atom. The van der Waals surface area contributed by atoms with Crippen molar-refractivity contribution in [1.82, 2.24) is 0 Å². The highest BCUT2D eigenvalue weighted by atomic mass is 19.1. The molecule has 1 aliphatic heterocycles. The second-order valence-electron chi connectivity index (χ2n) is 5.19. The fraction of sp³-hybridized carbons (Fsp3) is 0.462. The van der Waals surface area contributed by atoms with Crippen LogP contribution in [-0.2, 0) is 4.74 Å². The van der Waals surface area contributed by atoms with Crippen molar-refractivity contribution in [2.75, 3.05) is 23.3 Å². The lowest BCUT2D eigenvalue weighted by molar-refractivity contribution is 0.0579. The number of amides is 1. The molecule has 0 bridgehead atoms. The van der Waals surface area contributed by atoms with Crippen LogP contribution in [-0.4, -0.2) is 24.8 Å². The van der Waals surface area contributed by atoms with Crippen LogP contribution in [0.3, 0.4) is 0 Å². The van der Waals surface area contributed by atoms with Gasteiger partial charge in [0, 0.05) is 13.1 Å². The zero-order valence-corrected chi connectivity index (χ0v) is 10.8. The Kier molecular flexibility index (Phi) is 3.15. The maximum Gasteiger partial charge on any atom is 0.415 e. The van der Waals surface area contributed by atoms with Crippen molar-refractivity contribution >= 4 is 17.5 Å². The minimum atomic E-state index is -0.590. The number of nitrogens with zero attached hydrogens (tertiary/aromatic N) is 1. The number of benzene rings is 1. The number of hydrogen-bond acceptors (Lipinski definition) is 3. The Morgan fingerprint density at radius 1 is 1.44 bits per heavy atom. The van der Waals surface area contributed by atoms with Gasteiger partial charge in [0.15, 0.2) is 0 Å². The Morgan fingerprint density at radius 2 is 2.17 bits per heavy atom. The van der Waals surface area contributed by atoms with Gasteiger partial charge in [-0.05, 0) is 32.9 Å². The van der Waals surface area contributed by atoms with Gasteiger partial charge in [-0.15, -0.1) is 0 Å². The van der Waals surface area contributed by atoms with E-state index in [1.165, 1.54) is 11.0 Å². The van der Waals surface area contributed by atoms with Crippen molar-refractivity contribution in [1.29, 1.82) is 0 Å². The fourth-order valence-corrected chi connectivity index (χ4v) is 1.85. The normalized spacial score (nSPS) is 14.8. The van der Waals surface area contributed by atoms with Gasteiger partial charge in [-0.1, -0.05) is 6.07 Å². The van der Waals surface area contributed by atoms with Crippen molar-refractivity contribution in [2.45, 2.75) is 26.4 Å². The topological polar surface area (TPSA) is 41.6 Å². The lowest BCUT2D eigenvalue weighted by Gasteiger charge is -2.32. The summed E-state index contributed by atoms with van der Waals surface area (Å²) in [6, 6.07) is 4.69. The Balaban J connectivity index is 2.30. The molecule has 1 heterocycles. The minimum Gasteiger partial charge on any atom is -0.443 e. The molecule has 2 rings (SSSR count). The molecule has 0 spiro atoms. The van der Waals surface area contributed by atoms with E-state index in [1.807, 2.05) is 0 Å². The predicted molar refractivity (Wildman–Crippen MR) is 68.5 cm³/mol. The summed E-state index contributed by atoms with van der Waals surface area (Å²) >= 11 is 0. The average Bonchev–Trinajstić information content (AvgIpc) is 2.26. The van der Waals surface area contributed by atoms with Crippen LogP contribution in [0.2, 0.25) is 0 Å². The molecule has 0 saturated heterocycles. The molecular weight excluding hydrogens is 235 g/mol. The van der Waals surface area contributed by atoms with E-state index >= 15 is 0 Å². The number of ether oxygens (including phenoxy) is 1. The lowest BCUT2D eigenvalue weighted by Crippen LogP contribution is -2.42. The Bertz CT molecular complexity index is 469. The number of fused-ring (bicyclic) bond motifs is 1. The molecule has 1 N–H and O–H groups in total. The third kappa shape index (κ3) is 2.55. The first-order valence-electron chi connectivity index (χ1n) is 5.91. The number of halogens is 1. The molecule has 0 radical (unpaired) electrons.